The molecule has 1 aromatic heterocycles. The summed E-state index contributed by atoms with van der Waals surface area (Å²) in [5.74, 6) is -0.933. The number of aromatic amines is 1. The number of H-pyrrole nitrogens is 1. The van der Waals surface area contributed by atoms with E-state index < -0.39 is 5.97 Å². The van der Waals surface area contributed by atoms with E-state index in [1.165, 1.54) is 0 Å². The number of hydrogen-bond donors (Lipinski definition) is 2. The van der Waals surface area contributed by atoms with Crippen LogP contribution in [0.15, 0.2) is 0 Å². The third-order valence-corrected chi connectivity index (χ3v) is 2.23. The molecule has 1 aliphatic rings. The summed E-state index contributed by atoms with van der Waals surface area (Å²) in [5.41, 5.74) is 1.83. The number of fused-ring (bicyclic) bond motifs is 1. The molecule has 5 heteroatoms. The van der Waals surface area contributed by atoms with Crippen LogP contribution in [0.4, 0.5) is 0 Å². The average molecular weight is 181 g/mol. The van der Waals surface area contributed by atoms with Crippen molar-refractivity contribution in [2.75, 3.05) is 13.6 Å². The van der Waals surface area contributed by atoms with Crippen LogP contribution in [0.25, 0.3) is 0 Å². The highest BCUT2D eigenvalue weighted by Crippen LogP contribution is 2.14. The Morgan fingerprint density at radius 3 is 3.15 bits per heavy atom. The van der Waals surface area contributed by atoms with Gasteiger partial charge in [0.2, 0.25) is 5.82 Å². The Hall–Kier alpha value is -1.36. The first kappa shape index (κ1) is 8.25. The standard InChI is InChI=1S/C8H11N3O2/c1-11-3-2-5-6(4-11)10-7(9-5)8(12)13/h2-4H2,1H3,(H,9,10)(H,12,13). The van der Waals surface area contributed by atoms with E-state index in [1.807, 2.05) is 7.05 Å². The van der Waals surface area contributed by atoms with Crippen molar-refractivity contribution in [1.29, 1.82) is 0 Å². The van der Waals surface area contributed by atoms with Crippen LogP contribution in [0.5, 0.6) is 0 Å². The van der Waals surface area contributed by atoms with Crippen molar-refractivity contribution in [2.24, 2.45) is 0 Å². The van der Waals surface area contributed by atoms with E-state index in [9.17, 15) is 4.79 Å². The molecule has 1 aliphatic heterocycles. The number of likely N-dealkylation sites (N-methyl/N-ethyl adjacent to an activating group) is 1. The predicted molar refractivity (Wildman–Crippen MR) is 45.6 cm³/mol. The summed E-state index contributed by atoms with van der Waals surface area (Å²) >= 11 is 0. The van der Waals surface area contributed by atoms with Gasteiger partial charge in [0.1, 0.15) is 0 Å². The highest BCUT2D eigenvalue weighted by Gasteiger charge is 2.19. The molecule has 0 fully saturated rings. The lowest BCUT2D eigenvalue weighted by Crippen LogP contribution is -2.26. The van der Waals surface area contributed by atoms with Crippen molar-refractivity contribution in [1.82, 2.24) is 14.9 Å². The number of rotatable bonds is 1. The zero-order valence-electron chi connectivity index (χ0n) is 7.37. The number of aromatic nitrogens is 2. The summed E-state index contributed by atoms with van der Waals surface area (Å²) < 4.78 is 0. The van der Waals surface area contributed by atoms with Gasteiger partial charge in [0, 0.05) is 19.5 Å². The van der Waals surface area contributed by atoms with E-state index in [1.54, 1.807) is 0 Å². The van der Waals surface area contributed by atoms with Gasteiger partial charge in [0.25, 0.3) is 0 Å². The predicted octanol–water partition coefficient (Wildman–Crippen LogP) is 0.0958. The van der Waals surface area contributed by atoms with Crippen LogP contribution in [-0.4, -0.2) is 39.5 Å². The summed E-state index contributed by atoms with van der Waals surface area (Å²) in [7, 11) is 2.00. The molecular weight excluding hydrogens is 170 g/mol. The van der Waals surface area contributed by atoms with Crippen molar-refractivity contribution in [3.05, 3.63) is 17.2 Å². The van der Waals surface area contributed by atoms with Crippen LogP contribution < -0.4 is 0 Å². The number of imidazole rings is 1. The maximum atomic E-state index is 10.6. The Balaban J connectivity index is 2.33. The second-order valence-corrected chi connectivity index (χ2v) is 3.30. The zero-order chi connectivity index (χ0) is 9.42. The normalized spacial score (nSPS) is 17.0. The molecule has 0 radical (unpaired) electrons. The van der Waals surface area contributed by atoms with Gasteiger partial charge in [-0.05, 0) is 7.05 Å². The van der Waals surface area contributed by atoms with Crippen LogP contribution in [0.2, 0.25) is 0 Å². The Bertz CT molecular complexity index is 345. The lowest BCUT2D eigenvalue weighted by atomic mass is 10.2. The third kappa shape index (κ3) is 1.42. The number of nitrogens with zero attached hydrogens (tertiary/aromatic N) is 2. The van der Waals surface area contributed by atoms with Crippen molar-refractivity contribution >= 4 is 5.97 Å². The number of carboxylic acids is 1. The van der Waals surface area contributed by atoms with Crippen LogP contribution >= 0.6 is 0 Å². The van der Waals surface area contributed by atoms with Crippen molar-refractivity contribution in [3.63, 3.8) is 0 Å². The SMILES string of the molecule is CN1CCc2nc(C(=O)O)[nH]c2C1. The summed E-state index contributed by atoms with van der Waals surface area (Å²) in [4.78, 5) is 19.5. The first-order valence-corrected chi connectivity index (χ1v) is 4.16. The smallest absolute Gasteiger partial charge is 0.371 e. The number of carboxylic acid groups (broad SMARTS) is 1. The van der Waals surface area contributed by atoms with Crippen molar-refractivity contribution in [2.45, 2.75) is 13.0 Å². The summed E-state index contributed by atoms with van der Waals surface area (Å²) in [6, 6.07) is 0. The number of nitrogens with one attached hydrogen (secondary N) is 1. The van der Waals surface area contributed by atoms with E-state index in [4.69, 9.17) is 5.11 Å². The Morgan fingerprint density at radius 1 is 1.69 bits per heavy atom. The van der Waals surface area contributed by atoms with Crippen LogP contribution in [0.1, 0.15) is 22.0 Å². The second-order valence-electron chi connectivity index (χ2n) is 3.30. The molecule has 0 saturated heterocycles. The van der Waals surface area contributed by atoms with Gasteiger partial charge >= 0.3 is 5.97 Å². The monoisotopic (exact) mass is 181 g/mol. The maximum Gasteiger partial charge on any atom is 0.371 e. The molecule has 13 heavy (non-hydrogen) atoms. The molecule has 0 aromatic carbocycles. The van der Waals surface area contributed by atoms with E-state index in [0.717, 1.165) is 30.9 Å². The summed E-state index contributed by atoms with van der Waals surface area (Å²) in [6.07, 6.45) is 0.829. The quantitative estimate of drug-likeness (QED) is 0.644. The average Bonchev–Trinajstić information content (AvgIpc) is 2.46. The minimum Gasteiger partial charge on any atom is -0.475 e. The van der Waals surface area contributed by atoms with E-state index in [-0.39, 0.29) is 5.82 Å². The molecule has 0 bridgehead atoms. The minimum atomic E-state index is -0.989. The molecule has 2 heterocycles. The molecule has 2 N–H and O–H groups in total. The second kappa shape index (κ2) is 2.85. The molecule has 0 spiro atoms. The van der Waals surface area contributed by atoms with Gasteiger partial charge in [0.05, 0.1) is 11.4 Å². The van der Waals surface area contributed by atoms with Gasteiger partial charge in [-0.25, -0.2) is 9.78 Å². The number of aromatic carboxylic acids is 1. The molecule has 1 aromatic rings. The number of hydrogen-bond acceptors (Lipinski definition) is 3. The Kier molecular flexibility index (Phi) is 1.81. The van der Waals surface area contributed by atoms with Gasteiger partial charge in [0.15, 0.2) is 0 Å². The Labute approximate surface area is 75.4 Å². The molecule has 2 rings (SSSR count). The fourth-order valence-electron chi connectivity index (χ4n) is 1.53. The van der Waals surface area contributed by atoms with E-state index in [2.05, 4.69) is 14.9 Å². The summed E-state index contributed by atoms with van der Waals surface area (Å²) in [6.45, 7) is 1.70. The molecule has 0 amide bonds. The van der Waals surface area contributed by atoms with Gasteiger partial charge in [-0.3, -0.25) is 0 Å². The fourth-order valence-corrected chi connectivity index (χ4v) is 1.53. The molecule has 0 aliphatic carbocycles. The first-order chi connectivity index (χ1) is 6.16. The fraction of sp³-hybridized carbons (Fsp3) is 0.500. The topological polar surface area (TPSA) is 69.2 Å². The first-order valence-electron chi connectivity index (χ1n) is 4.16. The van der Waals surface area contributed by atoms with Crippen molar-refractivity contribution < 1.29 is 9.90 Å². The van der Waals surface area contributed by atoms with Crippen LogP contribution in [0.3, 0.4) is 0 Å². The third-order valence-electron chi connectivity index (χ3n) is 2.23. The zero-order valence-corrected chi connectivity index (χ0v) is 7.37. The minimum absolute atomic E-state index is 0.0558. The Morgan fingerprint density at radius 2 is 2.46 bits per heavy atom. The molecular formula is C8H11N3O2. The van der Waals surface area contributed by atoms with Crippen molar-refractivity contribution in [3.8, 4) is 0 Å². The van der Waals surface area contributed by atoms with Gasteiger partial charge in [-0.1, -0.05) is 0 Å². The van der Waals surface area contributed by atoms with Gasteiger partial charge in [-0.2, -0.15) is 0 Å². The maximum absolute atomic E-state index is 10.6. The highest BCUT2D eigenvalue weighted by molar-refractivity contribution is 5.83. The van der Waals surface area contributed by atoms with Crippen LogP contribution in [0, 0.1) is 0 Å². The van der Waals surface area contributed by atoms with E-state index >= 15 is 0 Å². The van der Waals surface area contributed by atoms with Gasteiger partial charge < -0.3 is 15.0 Å². The molecule has 0 atom stereocenters. The lowest BCUT2D eigenvalue weighted by molar-refractivity contribution is 0.0684. The van der Waals surface area contributed by atoms with E-state index in [0.29, 0.717) is 0 Å². The molecule has 5 nitrogen and oxygen atoms in total. The highest BCUT2D eigenvalue weighted by atomic mass is 16.4. The largest absolute Gasteiger partial charge is 0.475 e. The molecule has 0 unspecified atom stereocenters. The van der Waals surface area contributed by atoms with Gasteiger partial charge in [-0.15, -0.1) is 0 Å². The van der Waals surface area contributed by atoms with Crippen LogP contribution in [-0.2, 0) is 13.0 Å². The molecule has 70 valence electrons. The number of carbonyl (C=O) groups is 1. The lowest BCUT2D eigenvalue weighted by Gasteiger charge is -2.20. The molecule has 0 saturated carbocycles. The summed E-state index contributed by atoms with van der Waals surface area (Å²) in [5, 5.41) is 8.69.